The summed E-state index contributed by atoms with van der Waals surface area (Å²) in [6, 6.07) is 16.9. The lowest BCUT2D eigenvalue weighted by atomic mass is 10.00. The molecule has 3 aromatic rings. The van der Waals surface area contributed by atoms with Crippen molar-refractivity contribution in [2.24, 2.45) is 0 Å². The van der Waals surface area contributed by atoms with Gasteiger partial charge >= 0.3 is 0 Å². The molecule has 1 aliphatic rings. The van der Waals surface area contributed by atoms with Crippen molar-refractivity contribution in [1.29, 1.82) is 0 Å². The molecule has 0 N–H and O–H groups in total. The smallest absolute Gasteiger partial charge is 0.242 e. The lowest BCUT2D eigenvalue weighted by Crippen LogP contribution is -2.44. The summed E-state index contributed by atoms with van der Waals surface area (Å²) in [6.45, 7) is 3.07. The lowest BCUT2D eigenvalue weighted by molar-refractivity contribution is -0.135. The third kappa shape index (κ3) is 4.15. The molecule has 1 unspecified atom stereocenters. The second-order valence-electron chi connectivity index (χ2n) is 8.03. The number of sulfone groups is 1. The van der Waals surface area contributed by atoms with Crippen molar-refractivity contribution in [3.05, 3.63) is 66.4 Å². The van der Waals surface area contributed by atoms with Gasteiger partial charge < -0.3 is 9.47 Å². The molecule has 1 amide bonds. The van der Waals surface area contributed by atoms with E-state index in [4.69, 9.17) is 0 Å². The Morgan fingerprint density at radius 3 is 2.53 bits per heavy atom. The topological polar surface area (TPSA) is 59.4 Å². The fourth-order valence-electron chi connectivity index (χ4n) is 4.45. The Labute approximate surface area is 178 Å². The maximum atomic E-state index is 13.2. The number of nitrogens with zero attached hydrogens (tertiary/aromatic N) is 2. The summed E-state index contributed by atoms with van der Waals surface area (Å²) in [5, 5.41) is 0.673. The first kappa shape index (κ1) is 20.7. The van der Waals surface area contributed by atoms with Gasteiger partial charge in [-0.2, -0.15) is 0 Å². The monoisotopic (exact) mass is 424 g/mol. The highest BCUT2D eigenvalue weighted by atomic mass is 32.2. The van der Waals surface area contributed by atoms with Gasteiger partial charge in [-0.3, -0.25) is 4.79 Å². The maximum absolute atomic E-state index is 13.2. The van der Waals surface area contributed by atoms with Crippen LogP contribution in [0.4, 0.5) is 0 Å². The molecule has 0 bridgehead atoms. The molecule has 0 saturated carbocycles. The minimum absolute atomic E-state index is 0.0557. The van der Waals surface area contributed by atoms with Gasteiger partial charge in [-0.1, -0.05) is 55.5 Å². The van der Waals surface area contributed by atoms with E-state index in [0.717, 1.165) is 43.3 Å². The van der Waals surface area contributed by atoms with Gasteiger partial charge in [-0.25, -0.2) is 8.42 Å². The minimum atomic E-state index is -3.54. The fourth-order valence-corrected chi connectivity index (χ4v) is 6.04. The van der Waals surface area contributed by atoms with E-state index in [1.54, 1.807) is 10.8 Å². The largest absolute Gasteiger partial charge is 0.338 e. The van der Waals surface area contributed by atoms with Crippen molar-refractivity contribution >= 4 is 26.6 Å². The van der Waals surface area contributed by atoms with Gasteiger partial charge in [0, 0.05) is 29.7 Å². The molecule has 1 fully saturated rings. The van der Waals surface area contributed by atoms with E-state index in [9.17, 15) is 13.2 Å². The van der Waals surface area contributed by atoms with Crippen LogP contribution in [0.2, 0.25) is 0 Å². The van der Waals surface area contributed by atoms with E-state index in [1.165, 1.54) is 0 Å². The van der Waals surface area contributed by atoms with Gasteiger partial charge in [0.2, 0.25) is 5.91 Å². The first-order chi connectivity index (χ1) is 14.5. The molecule has 0 radical (unpaired) electrons. The molecule has 2 aromatic carbocycles. The maximum Gasteiger partial charge on any atom is 0.242 e. The molecule has 1 saturated heterocycles. The van der Waals surface area contributed by atoms with Gasteiger partial charge in [0.1, 0.15) is 6.54 Å². The van der Waals surface area contributed by atoms with E-state index in [0.29, 0.717) is 10.3 Å². The summed E-state index contributed by atoms with van der Waals surface area (Å²) < 4.78 is 28.2. The number of para-hydroxylation sites is 1. The summed E-state index contributed by atoms with van der Waals surface area (Å²) in [7, 11) is -3.54. The molecule has 2 heterocycles. The number of aromatic nitrogens is 1. The molecule has 1 atom stereocenters. The predicted octanol–water partition coefficient (Wildman–Crippen LogP) is 4.41. The lowest BCUT2D eigenvalue weighted by Gasteiger charge is -2.35. The average molecular weight is 425 g/mol. The standard InChI is InChI=1S/C24H28N2O3S/c1-2-20-12-8-9-15-26(20)24(27)17-25-16-23(21-13-6-7-14-22(21)25)30(28,29)18-19-10-4-3-5-11-19/h3-7,10-11,13-14,16,20H,2,8-9,12,15,17-18H2,1H3. The fraction of sp³-hybridized carbons (Fsp3) is 0.375. The van der Waals surface area contributed by atoms with Crippen LogP contribution in [0.15, 0.2) is 65.7 Å². The number of fused-ring (bicyclic) bond motifs is 1. The molecule has 1 aliphatic heterocycles. The van der Waals surface area contributed by atoms with Crippen LogP contribution in [0.3, 0.4) is 0 Å². The molecule has 0 aliphatic carbocycles. The number of amides is 1. The number of hydrogen-bond donors (Lipinski definition) is 0. The van der Waals surface area contributed by atoms with Crippen LogP contribution in [-0.2, 0) is 26.9 Å². The van der Waals surface area contributed by atoms with Crippen molar-refractivity contribution in [2.45, 2.75) is 55.8 Å². The van der Waals surface area contributed by atoms with Gasteiger partial charge in [0.05, 0.1) is 10.6 Å². The number of likely N-dealkylation sites (tertiary alicyclic amines) is 1. The third-order valence-electron chi connectivity index (χ3n) is 6.01. The van der Waals surface area contributed by atoms with Gasteiger partial charge in [0.25, 0.3) is 0 Å². The SMILES string of the molecule is CCC1CCCCN1C(=O)Cn1cc(S(=O)(=O)Cc2ccccc2)c2ccccc21. The number of hydrogen-bond acceptors (Lipinski definition) is 3. The number of carbonyl (C=O) groups excluding carboxylic acids is 1. The molecule has 30 heavy (non-hydrogen) atoms. The normalized spacial score (nSPS) is 17.4. The van der Waals surface area contributed by atoms with Crippen molar-refractivity contribution in [3.8, 4) is 0 Å². The first-order valence-corrected chi connectivity index (χ1v) is 12.3. The molecular weight excluding hydrogens is 396 g/mol. The summed E-state index contributed by atoms with van der Waals surface area (Å²) in [5.41, 5.74) is 1.53. The third-order valence-corrected chi connectivity index (χ3v) is 7.72. The molecule has 4 rings (SSSR count). The Morgan fingerprint density at radius 1 is 1.03 bits per heavy atom. The van der Waals surface area contributed by atoms with Crippen LogP contribution in [-0.4, -0.2) is 36.4 Å². The zero-order chi connectivity index (χ0) is 21.1. The van der Waals surface area contributed by atoms with Crippen molar-refractivity contribution in [2.75, 3.05) is 6.54 Å². The van der Waals surface area contributed by atoms with Crippen LogP contribution in [0.25, 0.3) is 10.9 Å². The minimum Gasteiger partial charge on any atom is -0.338 e. The molecular formula is C24H28N2O3S. The summed E-state index contributed by atoms with van der Waals surface area (Å²) in [4.78, 5) is 15.4. The van der Waals surface area contributed by atoms with Gasteiger partial charge in [0.15, 0.2) is 9.84 Å². The van der Waals surface area contributed by atoms with Crippen molar-refractivity contribution in [1.82, 2.24) is 9.47 Å². The summed E-state index contributed by atoms with van der Waals surface area (Å²) >= 11 is 0. The molecule has 6 heteroatoms. The molecule has 5 nitrogen and oxygen atoms in total. The van der Waals surface area contributed by atoms with E-state index >= 15 is 0 Å². The molecule has 158 valence electrons. The average Bonchev–Trinajstić information content (AvgIpc) is 3.13. The first-order valence-electron chi connectivity index (χ1n) is 10.6. The number of piperidine rings is 1. The Balaban J connectivity index is 1.66. The van der Waals surface area contributed by atoms with Crippen molar-refractivity contribution in [3.63, 3.8) is 0 Å². The van der Waals surface area contributed by atoms with Crippen LogP contribution in [0, 0.1) is 0 Å². The van der Waals surface area contributed by atoms with Crippen molar-refractivity contribution < 1.29 is 13.2 Å². The Hall–Kier alpha value is -2.60. The Bertz CT molecular complexity index is 1140. The number of benzene rings is 2. The Morgan fingerprint density at radius 2 is 1.77 bits per heavy atom. The van der Waals surface area contributed by atoms with Crippen LogP contribution in [0.5, 0.6) is 0 Å². The second-order valence-corrected chi connectivity index (χ2v) is 9.99. The number of rotatable bonds is 6. The second kappa shape index (κ2) is 8.64. The zero-order valence-corrected chi connectivity index (χ0v) is 18.1. The molecule has 1 aromatic heterocycles. The number of carbonyl (C=O) groups is 1. The van der Waals surface area contributed by atoms with Crippen LogP contribution < -0.4 is 0 Å². The van der Waals surface area contributed by atoms with E-state index in [-0.39, 0.29) is 24.2 Å². The van der Waals surface area contributed by atoms with Crippen LogP contribution in [0.1, 0.15) is 38.2 Å². The highest BCUT2D eigenvalue weighted by Gasteiger charge is 2.27. The molecule has 0 spiro atoms. The predicted molar refractivity (Wildman–Crippen MR) is 119 cm³/mol. The van der Waals surface area contributed by atoms with Crippen LogP contribution >= 0.6 is 0 Å². The highest BCUT2D eigenvalue weighted by molar-refractivity contribution is 7.90. The van der Waals surface area contributed by atoms with Gasteiger partial charge in [-0.15, -0.1) is 0 Å². The van der Waals surface area contributed by atoms with E-state index in [1.807, 2.05) is 59.5 Å². The van der Waals surface area contributed by atoms with E-state index in [2.05, 4.69) is 6.92 Å². The summed E-state index contributed by atoms with van der Waals surface area (Å²) in [6.07, 6.45) is 5.84. The van der Waals surface area contributed by atoms with Gasteiger partial charge in [-0.05, 0) is 37.3 Å². The highest BCUT2D eigenvalue weighted by Crippen LogP contribution is 2.29. The quantitative estimate of drug-likeness (QED) is 0.589. The van der Waals surface area contributed by atoms with E-state index < -0.39 is 9.84 Å². The Kier molecular flexibility index (Phi) is 5.95. The summed E-state index contributed by atoms with van der Waals surface area (Å²) in [5.74, 6) is 0.00845. The zero-order valence-electron chi connectivity index (χ0n) is 17.3.